The smallest absolute Gasteiger partial charge is 0.308 e. The van der Waals surface area contributed by atoms with Gasteiger partial charge in [-0.2, -0.15) is 0 Å². The fourth-order valence-electron chi connectivity index (χ4n) is 2.03. The molecule has 1 aromatic rings. The quantitative estimate of drug-likeness (QED) is 0.725. The van der Waals surface area contributed by atoms with Crippen molar-refractivity contribution in [3.8, 4) is 0 Å². The number of ether oxygens (including phenoxy) is 1. The molecule has 2 N–H and O–H groups in total. The molecule has 0 aromatic carbocycles. The fraction of sp³-hybridized carbons (Fsp3) is 0.615. The van der Waals surface area contributed by atoms with Crippen molar-refractivity contribution < 1.29 is 14.6 Å². The minimum atomic E-state index is -0.770. The molecule has 0 unspecified atom stereocenters. The largest absolute Gasteiger partial charge is 0.481 e. The van der Waals surface area contributed by atoms with Crippen molar-refractivity contribution >= 4 is 17.3 Å². The lowest BCUT2D eigenvalue weighted by Crippen LogP contribution is -2.40. The van der Waals surface area contributed by atoms with Gasteiger partial charge in [-0.25, -0.2) is 0 Å². The van der Waals surface area contributed by atoms with Crippen LogP contribution in [0, 0.1) is 0 Å². The second-order valence-corrected chi connectivity index (χ2v) is 5.82. The molecule has 0 aliphatic carbocycles. The molecule has 106 valence electrons. The van der Waals surface area contributed by atoms with Crippen molar-refractivity contribution in [3.05, 3.63) is 21.9 Å². The van der Waals surface area contributed by atoms with Crippen LogP contribution in [0.15, 0.2) is 12.1 Å². The van der Waals surface area contributed by atoms with Crippen LogP contribution >= 0.6 is 11.3 Å². The SMILES string of the molecule is O=C(O)Cc1ccc(CNCCN2CCOCC2)s1. The van der Waals surface area contributed by atoms with E-state index in [0.29, 0.717) is 0 Å². The fourth-order valence-corrected chi connectivity index (χ4v) is 3.01. The zero-order valence-electron chi connectivity index (χ0n) is 10.9. The summed E-state index contributed by atoms with van der Waals surface area (Å²) in [4.78, 5) is 15.1. The maximum Gasteiger partial charge on any atom is 0.308 e. The third-order valence-corrected chi connectivity index (χ3v) is 4.14. The molecule has 2 rings (SSSR count). The van der Waals surface area contributed by atoms with E-state index in [2.05, 4.69) is 10.2 Å². The van der Waals surface area contributed by atoms with Gasteiger partial charge in [0.1, 0.15) is 0 Å². The Kier molecular flexibility index (Phi) is 5.78. The Balaban J connectivity index is 1.62. The Morgan fingerprint density at radius 1 is 1.37 bits per heavy atom. The average molecular weight is 284 g/mol. The molecule has 0 bridgehead atoms. The number of nitrogens with one attached hydrogen (secondary N) is 1. The summed E-state index contributed by atoms with van der Waals surface area (Å²) in [7, 11) is 0. The predicted octanol–water partition coefficient (Wildman–Crippen LogP) is 0.797. The molecule has 0 atom stereocenters. The maximum absolute atomic E-state index is 10.6. The summed E-state index contributed by atoms with van der Waals surface area (Å²) in [5, 5.41) is 12.1. The number of carbonyl (C=O) groups is 1. The Labute approximate surface area is 117 Å². The van der Waals surface area contributed by atoms with E-state index < -0.39 is 5.97 Å². The average Bonchev–Trinajstić information content (AvgIpc) is 2.83. The number of thiophene rings is 1. The van der Waals surface area contributed by atoms with E-state index in [1.165, 1.54) is 4.88 Å². The van der Waals surface area contributed by atoms with Gasteiger partial charge in [-0.3, -0.25) is 9.69 Å². The van der Waals surface area contributed by atoms with Gasteiger partial charge in [0.05, 0.1) is 19.6 Å². The third kappa shape index (κ3) is 5.28. The van der Waals surface area contributed by atoms with Crippen LogP contribution in [0.25, 0.3) is 0 Å². The normalized spacial score (nSPS) is 16.6. The molecule has 2 heterocycles. The van der Waals surface area contributed by atoms with Crippen molar-refractivity contribution in [2.24, 2.45) is 0 Å². The van der Waals surface area contributed by atoms with Gasteiger partial charge < -0.3 is 15.2 Å². The first-order valence-electron chi connectivity index (χ1n) is 6.54. The Morgan fingerprint density at radius 3 is 2.84 bits per heavy atom. The first-order chi connectivity index (χ1) is 9.24. The molecular weight excluding hydrogens is 264 g/mol. The number of carboxylic acids is 1. The van der Waals surface area contributed by atoms with Crippen molar-refractivity contribution in [1.29, 1.82) is 0 Å². The highest BCUT2D eigenvalue weighted by atomic mass is 32.1. The minimum absolute atomic E-state index is 0.123. The van der Waals surface area contributed by atoms with Crippen molar-refractivity contribution in [3.63, 3.8) is 0 Å². The van der Waals surface area contributed by atoms with Crippen LogP contribution in [0.3, 0.4) is 0 Å². The predicted molar refractivity (Wildman–Crippen MR) is 74.6 cm³/mol. The zero-order valence-corrected chi connectivity index (χ0v) is 11.7. The molecule has 19 heavy (non-hydrogen) atoms. The third-order valence-electron chi connectivity index (χ3n) is 3.05. The number of morpholine rings is 1. The van der Waals surface area contributed by atoms with Crippen LogP contribution in [-0.4, -0.2) is 55.4 Å². The monoisotopic (exact) mass is 284 g/mol. The van der Waals surface area contributed by atoms with Crippen LogP contribution < -0.4 is 5.32 Å². The zero-order chi connectivity index (χ0) is 13.5. The lowest BCUT2D eigenvalue weighted by atomic mass is 10.3. The van der Waals surface area contributed by atoms with E-state index in [0.717, 1.165) is 50.8 Å². The topological polar surface area (TPSA) is 61.8 Å². The van der Waals surface area contributed by atoms with Crippen molar-refractivity contribution in [2.75, 3.05) is 39.4 Å². The summed E-state index contributed by atoms with van der Waals surface area (Å²) < 4.78 is 5.30. The summed E-state index contributed by atoms with van der Waals surface area (Å²) >= 11 is 1.57. The molecular formula is C13H20N2O3S. The summed E-state index contributed by atoms with van der Waals surface area (Å²) in [5.41, 5.74) is 0. The second kappa shape index (κ2) is 7.59. The molecule has 1 fully saturated rings. The Morgan fingerprint density at radius 2 is 2.11 bits per heavy atom. The van der Waals surface area contributed by atoms with Gasteiger partial charge in [-0.1, -0.05) is 0 Å². The van der Waals surface area contributed by atoms with Crippen LogP contribution in [0.1, 0.15) is 9.75 Å². The van der Waals surface area contributed by atoms with Crippen LogP contribution in [0.5, 0.6) is 0 Å². The minimum Gasteiger partial charge on any atom is -0.481 e. The lowest BCUT2D eigenvalue weighted by Gasteiger charge is -2.26. The van der Waals surface area contributed by atoms with Gasteiger partial charge in [0.25, 0.3) is 0 Å². The Bertz CT molecular complexity index is 402. The molecule has 1 aliphatic heterocycles. The maximum atomic E-state index is 10.6. The van der Waals surface area contributed by atoms with Crippen molar-refractivity contribution in [1.82, 2.24) is 10.2 Å². The van der Waals surface area contributed by atoms with E-state index in [-0.39, 0.29) is 6.42 Å². The molecule has 6 heteroatoms. The molecule has 1 saturated heterocycles. The van der Waals surface area contributed by atoms with Gasteiger partial charge in [-0.05, 0) is 12.1 Å². The van der Waals surface area contributed by atoms with E-state index in [1.54, 1.807) is 11.3 Å². The summed E-state index contributed by atoms with van der Waals surface area (Å²) in [6, 6.07) is 3.91. The number of carboxylic acid groups (broad SMARTS) is 1. The van der Waals surface area contributed by atoms with E-state index in [4.69, 9.17) is 9.84 Å². The molecule has 1 aromatic heterocycles. The van der Waals surface area contributed by atoms with Gasteiger partial charge in [0, 0.05) is 42.5 Å². The molecule has 5 nitrogen and oxygen atoms in total. The number of hydrogen-bond donors (Lipinski definition) is 2. The van der Waals surface area contributed by atoms with Gasteiger partial charge in [0.15, 0.2) is 0 Å². The summed E-state index contributed by atoms with van der Waals surface area (Å²) in [5.74, 6) is -0.770. The van der Waals surface area contributed by atoms with Crippen LogP contribution in [-0.2, 0) is 22.5 Å². The number of rotatable bonds is 7. The van der Waals surface area contributed by atoms with E-state index >= 15 is 0 Å². The first-order valence-corrected chi connectivity index (χ1v) is 7.36. The Hall–Kier alpha value is -0.950. The van der Waals surface area contributed by atoms with Gasteiger partial charge in [0.2, 0.25) is 0 Å². The highest BCUT2D eigenvalue weighted by Crippen LogP contribution is 2.16. The van der Waals surface area contributed by atoms with Crippen LogP contribution in [0.2, 0.25) is 0 Å². The highest BCUT2D eigenvalue weighted by molar-refractivity contribution is 7.12. The van der Waals surface area contributed by atoms with E-state index in [1.807, 2.05) is 12.1 Å². The number of hydrogen-bond acceptors (Lipinski definition) is 5. The molecule has 0 saturated carbocycles. The van der Waals surface area contributed by atoms with Gasteiger partial charge >= 0.3 is 5.97 Å². The van der Waals surface area contributed by atoms with Crippen LogP contribution in [0.4, 0.5) is 0 Å². The molecule has 0 spiro atoms. The van der Waals surface area contributed by atoms with Gasteiger partial charge in [-0.15, -0.1) is 11.3 Å². The first kappa shape index (κ1) is 14.5. The second-order valence-electron chi connectivity index (χ2n) is 4.57. The lowest BCUT2D eigenvalue weighted by molar-refractivity contribution is -0.136. The molecule has 1 aliphatic rings. The standard InChI is InChI=1S/C13H20N2O3S/c16-13(17)9-11-1-2-12(19-11)10-14-3-4-15-5-7-18-8-6-15/h1-2,14H,3-10H2,(H,16,17). The molecule has 0 radical (unpaired) electrons. The van der Waals surface area contributed by atoms with Crippen molar-refractivity contribution in [2.45, 2.75) is 13.0 Å². The highest BCUT2D eigenvalue weighted by Gasteiger charge is 2.09. The number of aliphatic carboxylic acids is 1. The summed E-state index contributed by atoms with van der Waals surface area (Å²) in [6.07, 6.45) is 0.123. The molecule has 0 amide bonds. The van der Waals surface area contributed by atoms with E-state index in [9.17, 15) is 4.79 Å². The summed E-state index contributed by atoms with van der Waals surface area (Å²) in [6.45, 7) is 6.51. The number of nitrogens with zero attached hydrogens (tertiary/aromatic N) is 1.